The Hall–Kier alpha value is -1.16. The van der Waals surface area contributed by atoms with E-state index in [1.807, 2.05) is 31.2 Å². The van der Waals surface area contributed by atoms with Gasteiger partial charge in [-0.3, -0.25) is 4.79 Å². The van der Waals surface area contributed by atoms with Gasteiger partial charge >= 0.3 is 0 Å². The molecule has 1 atom stereocenters. The van der Waals surface area contributed by atoms with Crippen molar-refractivity contribution in [2.24, 2.45) is 5.92 Å². The maximum atomic E-state index is 11.7. The first-order valence-electron chi connectivity index (χ1n) is 6.09. The minimum Gasteiger partial charge on any atom is -0.497 e. The van der Waals surface area contributed by atoms with Crippen molar-refractivity contribution in [3.05, 3.63) is 24.3 Å². The van der Waals surface area contributed by atoms with Crippen molar-refractivity contribution < 1.29 is 9.53 Å². The van der Waals surface area contributed by atoms with Crippen LogP contribution in [0.25, 0.3) is 0 Å². The molecule has 3 nitrogen and oxygen atoms in total. The summed E-state index contributed by atoms with van der Waals surface area (Å²) in [7, 11) is 1.64. The standard InChI is InChI=1S/C14H21NO2S/c1-10(2)11(3)15-14(16)9-18-13-7-5-6-12(8-13)17-4/h5-8,10-11H,9H2,1-4H3,(H,15,16). The van der Waals surface area contributed by atoms with Crippen LogP contribution in [0.4, 0.5) is 0 Å². The number of ether oxygens (including phenoxy) is 1. The Kier molecular flexibility index (Phi) is 6.05. The molecule has 0 saturated heterocycles. The highest BCUT2D eigenvalue weighted by Crippen LogP contribution is 2.22. The lowest BCUT2D eigenvalue weighted by atomic mass is 10.1. The van der Waals surface area contributed by atoms with Crippen LogP contribution in [0.15, 0.2) is 29.2 Å². The molecule has 1 amide bonds. The Balaban J connectivity index is 2.42. The molecule has 1 rings (SSSR count). The first kappa shape index (κ1) is 14.9. The van der Waals surface area contributed by atoms with Crippen LogP contribution < -0.4 is 10.1 Å². The molecule has 0 aliphatic heterocycles. The van der Waals surface area contributed by atoms with Gasteiger partial charge in [0.2, 0.25) is 5.91 Å². The quantitative estimate of drug-likeness (QED) is 0.805. The Bertz CT molecular complexity index is 393. The topological polar surface area (TPSA) is 38.3 Å². The highest BCUT2D eigenvalue weighted by molar-refractivity contribution is 8.00. The molecular weight excluding hydrogens is 246 g/mol. The van der Waals surface area contributed by atoms with Crippen LogP contribution in [0, 0.1) is 5.92 Å². The van der Waals surface area contributed by atoms with Crippen molar-refractivity contribution in [1.29, 1.82) is 0 Å². The lowest BCUT2D eigenvalue weighted by Gasteiger charge is -2.17. The van der Waals surface area contributed by atoms with Gasteiger partial charge in [0.1, 0.15) is 5.75 Å². The summed E-state index contributed by atoms with van der Waals surface area (Å²) < 4.78 is 5.14. The Morgan fingerprint density at radius 2 is 2.11 bits per heavy atom. The number of amides is 1. The summed E-state index contributed by atoms with van der Waals surface area (Å²) in [5.41, 5.74) is 0. The minimum atomic E-state index is 0.0732. The van der Waals surface area contributed by atoms with Crippen LogP contribution in [-0.4, -0.2) is 24.8 Å². The Morgan fingerprint density at radius 3 is 2.72 bits per heavy atom. The van der Waals surface area contributed by atoms with Crippen LogP contribution >= 0.6 is 11.8 Å². The molecule has 1 unspecified atom stereocenters. The van der Waals surface area contributed by atoms with E-state index < -0.39 is 0 Å². The van der Waals surface area contributed by atoms with Crippen LogP contribution in [0.2, 0.25) is 0 Å². The molecule has 0 radical (unpaired) electrons. The third-order valence-electron chi connectivity index (χ3n) is 2.80. The second-order valence-corrected chi connectivity index (χ2v) is 5.62. The van der Waals surface area contributed by atoms with E-state index in [0.717, 1.165) is 10.6 Å². The summed E-state index contributed by atoms with van der Waals surface area (Å²) >= 11 is 1.52. The SMILES string of the molecule is COc1cccc(SCC(=O)NC(C)C(C)C)c1. The van der Waals surface area contributed by atoms with Gasteiger partial charge in [0, 0.05) is 10.9 Å². The van der Waals surface area contributed by atoms with Gasteiger partial charge < -0.3 is 10.1 Å². The first-order chi connectivity index (χ1) is 8.52. The van der Waals surface area contributed by atoms with E-state index >= 15 is 0 Å². The van der Waals surface area contributed by atoms with E-state index in [9.17, 15) is 4.79 Å². The number of carbonyl (C=O) groups is 1. The Labute approximate surface area is 113 Å². The molecule has 0 bridgehead atoms. The van der Waals surface area contributed by atoms with E-state index in [0.29, 0.717) is 11.7 Å². The fraction of sp³-hybridized carbons (Fsp3) is 0.500. The minimum absolute atomic E-state index is 0.0732. The number of methoxy groups -OCH3 is 1. The van der Waals surface area contributed by atoms with Gasteiger partial charge in [0.15, 0.2) is 0 Å². The second kappa shape index (κ2) is 7.31. The molecule has 1 aromatic rings. The van der Waals surface area contributed by atoms with Gasteiger partial charge in [-0.05, 0) is 31.0 Å². The molecule has 0 heterocycles. The molecular formula is C14H21NO2S. The maximum Gasteiger partial charge on any atom is 0.230 e. The van der Waals surface area contributed by atoms with Crippen molar-refractivity contribution >= 4 is 17.7 Å². The van der Waals surface area contributed by atoms with Crippen molar-refractivity contribution in [1.82, 2.24) is 5.32 Å². The maximum absolute atomic E-state index is 11.7. The summed E-state index contributed by atoms with van der Waals surface area (Å²) in [6.07, 6.45) is 0. The summed E-state index contributed by atoms with van der Waals surface area (Å²) in [6.45, 7) is 6.22. The first-order valence-corrected chi connectivity index (χ1v) is 7.07. The molecule has 0 fully saturated rings. The number of thioether (sulfide) groups is 1. The zero-order valence-electron chi connectivity index (χ0n) is 11.4. The molecule has 100 valence electrons. The highest BCUT2D eigenvalue weighted by Gasteiger charge is 2.10. The number of benzene rings is 1. The number of hydrogen-bond acceptors (Lipinski definition) is 3. The van der Waals surface area contributed by atoms with E-state index in [1.165, 1.54) is 11.8 Å². The lowest BCUT2D eigenvalue weighted by molar-refractivity contribution is -0.119. The normalized spacial score (nSPS) is 12.3. The van der Waals surface area contributed by atoms with Crippen LogP contribution in [0.5, 0.6) is 5.75 Å². The van der Waals surface area contributed by atoms with Gasteiger partial charge in [-0.1, -0.05) is 19.9 Å². The number of hydrogen-bond donors (Lipinski definition) is 1. The van der Waals surface area contributed by atoms with Gasteiger partial charge in [0.25, 0.3) is 0 Å². The van der Waals surface area contributed by atoms with Crippen LogP contribution in [0.3, 0.4) is 0 Å². The molecule has 0 aromatic heterocycles. The van der Waals surface area contributed by atoms with E-state index in [1.54, 1.807) is 7.11 Å². The molecule has 1 aromatic carbocycles. The van der Waals surface area contributed by atoms with Crippen molar-refractivity contribution in [3.63, 3.8) is 0 Å². The second-order valence-electron chi connectivity index (χ2n) is 4.57. The van der Waals surface area contributed by atoms with Crippen molar-refractivity contribution in [2.45, 2.75) is 31.7 Å². The average molecular weight is 267 g/mol. The predicted octanol–water partition coefficient (Wildman–Crippen LogP) is 2.95. The van der Waals surface area contributed by atoms with Crippen LogP contribution in [0.1, 0.15) is 20.8 Å². The Morgan fingerprint density at radius 1 is 1.39 bits per heavy atom. The molecule has 0 aliphatic rings. The zero-order chi connectivity index (χ0) is 13.5. The number of nitrogens with one attached hydrogen (secondary N) is 1. The fourth-order valence-corrected chi connectivity index (χ4v) is 2.06. The molecule has 0 saturated carbocycles. The highest BCUT2D eigenvalue weighted by atomic mass is 32.2. The van der Waals surface area contributed by atoms with E-state index in [4.69, 9.17) is 4.74 Å². The molecule has 1 N–H and O–H groups in total. The van der Waals surface area contributed by atoms with Gasteiger partial charge in [-0.25, -0.2) is 0 Å². The van der Waals surface area contributed by atoms with E-state index in [2.05, 4.69) is 19.2 Å². The molecule has 0 aliphatic carbocycles. The summed E-state index contributed by atoms with van der Waals surface area (Å²) in [5.74, 6) is 1.78. The number of rotatable bonds is 6. The largest absolute Gasteiger partial charge is 0.497 e. The summed E-state index contributed by atoms with van der Waals surface area (Å²) in [4.78, 5) is 12.8. The van der Waals surface area contributed by atoms with Gasteiger partial charge in [0.05, 0.1) is 12.9 Å². The van der Waals surface area contributed by atoms with Crippen LogP contribution in [-0.2, 0) is 4.79 Å². The third kappa shape index (κ3) is 5.00. The third-order valence-corrected chi connectivity index (χ3v) is 3.79. The predicted molar refractivity (Wildman–Crippen MR) is 76.2 cm³/mol. The smallest absolute Gasteiger partial charge is 0.230 e. The molecule has 0 spiro atoms. The monoisotopic (exact) mass is 267 g/mol. The summed E-state index contributed by atoms with van der Waals surface area (Å²) in [6, 6.07) is 7.94. The van der Waals surface area contributed by atoms with Crippen molar-refractivity contribution in [3.8, 4) is 5.75 Å². The fourth-order valence-electron chi connectivity index (χ4n) is 1.30. The number of carbonyl (C=O) groups excluding carboxylic acids is 1. The summed E-state index contributed by atoms with van der Waals surface area (Å²) in [5, 5.41) is 2.99. The average Bonchev–Trinajstić information content (AvgIpc) is 2.36. The molecule has 4 heteroatoms. The lowest BCUT2D eigenvalue weighted by Crippen LogP contribution is -2.37. The van der Waals surface area contributed by atoms with E-state index in [-0.39, 0.29) is 11.9 Å². The van der Waals surface area contributed by atoms with Gasteiger partial charge in [-0.2, -0.15) is 0 Å². The van der Waals surface area contributed by atoms with Crippen molar-refractivity contribution in [2.75, 3.05) is 12.9 Å². The van der Waals surface area contributed by atoms with Gasteiger partial charge in [-0.15, -0.1) is 11.8 Å². The molecule has 18 heavy (non-hydrogen) atoms. The zero-order valence-corrected chi connectivity index (χ0v) is 12.2.